The van der Waals surface area contributed by atoms with Gasteiger partial charge in [0.05, 0.1) is 11.7 Å². The molecule has 1 atom stereocenters. The van der Waals surface area contributed by atoms with Crippen LogP contribution in [0.25, 0.3) is 0 Å². The molecule has 0 aliphatic carbocycles. The topological polar surface area (TPSA) is 93.2 Å². The maximum absolute atomic E-state index is 5.22. The lowest BCUT2D eigenvalue weighted by Gasteiger charge is -2.25. The molecule has 0 amide bonds. The van der Waals surface area contributed by atoms with Crippen molar-refractivity contribution in [1.82, 2.24) is 30.6 Å². The molecule has 2 aromatic heterocycles. The molecular weight excluding hydrogens is 318 g/mol. The Balaban J connectivity index is 1.67. The lowest BCUT2D eigenvalue weighted by atomic mass is 10.1. The van der Waals surface area contributed by atoms with Crippen molar-refractivity contribution in [2.75, 3.05) is 13.1 Å². The van der Waals surface area contributed by atoms with Crippen molar-refractivity contribution < 1.29 is 4.52 Å². The Morgan fingerprint density at radius 2 is 2.20 bits per heavy atom. The van der Waals surface area contributed by atoms with Gasteiger partial charge in [0, 0.05) is 25.2 Å². The van der Waals surface area contributed by atoms with Crippen molar-refractivity contribution in [2.45, 2.75) is 59.5 Å². The van der Waals surface area contributed by atoms with Crippen LogP contribution in [0.4, 0.5) is 0 Å². The van der Waals surface area contributed by atoms with Gasteiger partial charge in [0.1, 0.15) is 17.4 Å². The zero-order chi connectivity index (χ0) is 17.8. The van der Waals surface area contributed by atoms with Gasteiger partial charge < -0.3 is 15.2 Å². The first-order valence-electron chi connectivity index (χ1n) is 8.96. The van der Waals surface area contributed by atoms with Gasteiger partial charge in [-0.3, -0.25) is 4.99 Å². The molecule has 1 aliphatic rings. The van der Waals surface area contributed by atoms with E-state index in [2.05, 4.69) is 32.8 Å². The molecule has 0 fully saturated rings. The van der Waals surface area contributed by atoms with E-state index in [1.807, 2.05) is 25.5 Å². The molecule has 0 radical (unpaired) electrons. The van der Waals surface area contributed by atoms with Gasteiger partial charge in [0.2, 0.25) is 0 Å². The largest absolute Gasteiger partial charge is 0.361 e. The van der Waals surface area contributed by atoms with Crippen LogP contribution in [0.3, 0.4) is 0 Å². The zero-order valence-electron chi connectivity index (χ0n) is 15.5. The minimum Gasteiger partial charge on any atom is -0.361 e. The van der Waals surface area contributed by atoms with Crippen LogP contribution in [-0.4, -0.2) is 39.0 Å². The fraction of sp³-hybridized carbons (Fsp3) is 0.647. The van der Waals surface area contributed by atoms with E-state index in [0.717, 1.165) is 67.0 Å². The van der Waals surface area contributed by atoms with Gasteiger partial charge in [0.15, 0.2) is 5.96 Å². The summed E-state index contributed by atoms with van der Waals surface area (Å²) < 4.78 is 7.22. The van der Waals surface area contributed by atoms with Crippen molar-refractivity contribution in [3.8, 4) is 0 Å². The van der Waals surface area contributed by atoms with E-state index < -0.39 is 0 Å². The summed E-state index contributed by atoms with van der Waals surface area (Å²) in [6.45, 7) is 10.3. The van der Waals surface area contributed by atoms with Gasteiger partial charge in [-0.2, -0.15) is 5.10 Å². The van der Waals surface area contributed by atoms with Crippen LogP contribution in [0.15, 0.2) is 9.52 Å². The molecule has 8 heteroatoms. The summed E-state index contributed by atoms with van der Waals surface area (Å²) in [5.41, 5.74) is 2.09. The molecule has 25 heavy (non-hydrogen) atoms. The standard InChI is InChI=1S/C17H27N7O/c1-5-18-17(19-9-8-14-11(2)23-25-12(14)3)21-15-7-6-10-24-16(15)20-13(4)22-24/h15H,5-10H2,1-4H3,(H2,18,19,21). The molecule has 0 saturated heterocycles. The summed E-state index contributed by atoms with van der Waals surface area (Å²) in [6, 6.07) is 0.145. The molecule has 136 valence electrons. The van der Waals surface area contributed by atoms with E-state index in [0.29, 0.717) is 6.54 Å². The highest BCUT2D eigenvalue weighted by Crippen LogP contribution is 2.22. The average molecular weight is 345 g/mol. The third-order valence-corrected chi connectivity index (χ3v) is 4.45. The molecule has 2 aromatic rings. The SMILES string of the molecule is CCNC(=NCCc1c(C)noc1C)NC1CCCn2nc(C)nc21. The molecule has 8 nitrogen and oxygen atoms in total. The maximum Gasteiger partial charge on any atom is 0.191 e. The zero-order valence-corrected chi connectivity index (χ0v) is 15.5. The second kappa shape index (κ2) is 7.67. The summed E-state index contributed by atoms with van der Waals surface area (Å²) in [6.07, 6.45) is 2.94. The number of nitrogens with zero attached hydrogens (tertiary/aromatic N) is 5. The molecule has 3 rings (SSSR count). The van der Waals surface area contributed by atoms with E-state index in [1.54, 1.807) is 0 Å². The summed E-state index contributed by atoms with van der Waals surface area (Å²) in [5, 5.41) is 15.3. The van der Waals surface area contributed by atoms with Gasteiger partial charge in [-0.15, -0.1) is 0 Å². The van der Waals surface area contributed by atoms with Gasteiger partial charge in [-0.05, 0) is 47.0 Å². The first-order valence-corrected chi connectivity index (χ1v) is 8.96. The van der Waals surface area contributed by atoms with E-state index >= 15 is 0 Å². The van der Waals surface area contributed by atoms with Crippen molar-refractivity contribution >= 4 is 5.96 Å². The highest BCUT2D eigenvalue weighted by molar-refractivity contribution is 5.80. The van der Waals surface area contributed by atoms with Crippen molar-refractivity contribution in [3.05, 3.63) is 28.7 Å². The molecule has 1 aliphatic heterocycles. The number of aliphatic imine (C=N–C) groups is 1. The van der Waals surface area contributed by atoms with Crippen LogP contribution in [0, 0.1) is 20.8 Å². The van der Waals surface area contributed by atoms with Crippen LogP contribution in [0.5, 0.6) is 0 Å². The average Bonchev–Trinajstić information content (AvgIpc) is 3.11. The predicted octanol–water partition coefficient (Wildman–Crippen LogP) is 1.82. The minimum atomic E-state index is 0.145. The first-order chi connectivity index (χ1) is 12.1. The highest BCUT2D eigenvalue weighted by Gasteiger charge is 2.24. The second-order valence-corrected chi connectivity index (χ2v) is 6.39. The smallest absolute Gasteiger partial charge is 0.191 e. The van der Waals surface area contributed by atoms with Crippen molar-refractivity contribution in [1.29, 1.82) is 0 Å². The molecule has 0 spiro atoms. The summed E-state index contributed by atoms with van der Waals surface area (Å²) in [7, 11) is 0. The van der Waals surface area contributed by atoms with Gasteiger partial charge in [-0.25, -0.2) is 9.67 Å². The summed E-state index contributed by atoms with van der Waals surface area (Å²) in [5.74, 6) is 3.51. The normalized spacial score (nSPS) is 17.4. The van der Waals surface area contributed by atoms with Crippen LogP contribution >= 0.6 is 0 Å². The minimum absolute atomic E-state index is 0.145. The quantitative estimate of drug-likeness (QED) is 0.634. The monoisotopic (exact) mass is 345 g/mol. The van der Waals surface area contributed by atoms with Crippen LogP contribution in [-0.2, 0) is 13.0 Å². The Hall–Kier alpha value is -2.38. The van der Waals surface area contributed by atoms with Crippen LogP contribution in [0.2, 0.25) is 0 Å². The van der Waals surface area contributed by atoms with Crippen molar-refractivity contribution in [3.63, 3.8) is 0 Å². The number of rotatable bonds is 5. The van der Waals surface area contributed by atoms with Gasteiger partial charge in [0.25, 0.3) is 0 Å². The predicted molar refractivity (Wildman–Crippen MR) is 95.5 cm³/mol. The fourth-order valence-corrected chi connectivity index (χ4v) is 3.23. The van der Waals surface area contributed by atoms with E-state index in [1.165, 1.54) is 0 Å². The number of aromatic nitrogens is 4. The third kappa shape index (κ3) is 4.00. The molecule has 0 aromatic carbocycles. The van der Waals surface area contributed by atoms with E-state index in [9.17, 15) is 0 Å². The van der Waals surface area contributed by atoms with E-state index in [4.69, 9.17) is 9.52 Å². The number of hydrogen-bond donors (Lipinski definition) is 2. The first kappa shape index (κ1) is 17.4. The Morgan fingerprint density at radius 3 is 2.92 bits per heavy atom. The summed E-state index contributed by atoms with van der Waals surface area (Å²) in [4.78, 5) is 9.29. The lowest BCUT2D eigenvalue weighted by Crippen LogP contribution is -2.41. The maximum atomic E-state index is 5.22. The molecule has 0 saturated carbocycles. The third-order valence-electron chi connectivity index (χ3n) is 4.45. The van der Waals surface area contributed by atoms with Crippen LogP contribution in [0.1, 0.15) is 54.5 Å². The fourth-order valence-electron chi connectivity index (χ4n) is 3.23. The molecule has 2 N–H and O–H groups in total. The molecular formula is C17H27N7O. The van der Waals surface area contributed by atoms with Gasteiger partial charge >= 0.3 is 0 Å². The highest BCUT2D eigenvalue weighted by atomic mass is 16.5. The van der Waals surface area contributed by atoms with E-state index in [-0.39, 0.29) is 6.04 Å². The summed E-state index contributed by atoms with van der Waals surface area (Å²) >= 11 is 0. The number of aryl methyl sites for hydroxylation is 4. The number of nitrogens with one attached hydrogen (secondary N) is 2. The number of guanidine groups is 1. The Morgan fingerprint density at radius 1 is 1.36 bits per heavy atom. The second-order valence-electron chi connectivity index (χ2n) is 6.39. The van der Waals surface area contributed by atoms with Gasteiger partial charge in [-0.1, -0.05) is 5.16 Å². The number of hydrogen-bond acceptors (Lipinski definition) is 5. The molecule has 0 bridgehead atoms. The van der Waals surface area contributed by atoms with Crippen LogP contribution < -0.4 is 10.6 Å². The Kier molecular flexibility index (Phi) is 5.35. The molecule has 1 unspecified atom stereocenters. The Bertz CT molecular complexity index is 727. The Labute approximate surface area is 148 Å². The van der Waals surface area contributed by atoms with Crippen molar-refractivity contribution in [2.24, 2.45) is 4.99 Å². The number of fused-ring (bicyclic) bond motifs is 1. The molecule has 3 heterocycles. The lowest BCUT2D eigenvalue weighted by molar-refractivity contribution is 0.392.